The van der Waals surface area contributed by atoms with Crippen molar-refractivity contribution in [2.45, 2.75) is 51.0 Å². The normalized spacial score (nSPS) is 19.4. The van der Waals surface area contributed by atoms with Gasteiger partial charge in [0.25, 0.3) is 0 Å². The molecule has 1 aliphatic heterocycles. The van der Waals surface area contributed by atoms with E-state index in [0.29, 0.717) is 5.56 Å². The molecule has 3 heteroatoms. The van der Waals surface area contributed by atoms with Crippen LogP contribution in [-0.2, 0) is 11.2 Å². The molecule has 0 radical (unpaired) electrons. The van der Waals surface area contributed by atoms with Crippen molar-refractivity contribution in [2.24, 2.45) is 0 Å². The predicted molar refractivity (Wildman–Crippen MR) is 75.5 cm³/mol. The first-order chi connectivity index (χ1) is 9.33. The maximum Gasteiger partial charge on any atom is 0.338 e. The van der Waals surface area contributed by atoms with Crippen molar-refractivity contribution in [2.75, 3.05) is 11.9 Å². The van der Waals surface area contributed by atoms with Crippen LogP contribution in [0.3, 0.4) is 0 Å². The molecule has 3 nitrogen and oxygen atoms in total. The second-order valence-electron chi connectivity index (χ2n) is 5.57. The number of benzene rings is 1. The van der Waals surface area contributed by atoms with Crippen LogP contribution in [0.15, 0.2) is 18.2 Å². The third-order valence-electron chi connectivity index (χ3n) is 4.11. The molecule has 19 heavy (non-hydrogen) atoms. The van der Waals surface area contributed by atoms with E-state index in [1.807, 2.05) is 18.2 Å². The number of nitrogens with one attached hydrogen (secondary N) is 1. The Morgan fingerprint density at radius 2 is 2.00 bits per heavy atom. The van der Waals surface area contributed by atoms with Crippen LogP contribution in [0.4, 0.5) is 5.69 Å². The Kier molecular flexibility index (Phi) is 3.72. The van der Waals surface area contributed by atoms with E-state index in [4.69, 9.17) is 4.74 Å². The van der Waals surface area contributed by atoms with Gasteiger partial charge in [-0.2, -0.15) is 0 Å². The number of anilines is 1. The van der Waals surface area contributed by atoms with Gasteiger partial charge in [-0.25, -0.2) is 4.79 Å². The highest BCUT2D eigenvalue weighted by Gasteiger charge is 2.19. The van der Waals surface area contributed by atoms with Crippen molar-refractivity contribution in [3.05, 3.63) is 29.3 Å². The quantitative estimate of drug-likeness (QED) is 0.826. The highest BCUT2D eigenvalue weighted by molar-refractivity contribution is 5.90. The SMILES string of the molecule is O=C(OC1CCCCC1)c1ccc2c(c1)CCCN2. The van der Waals surface area contributed by atoms with Crippen LogP contribution in [0.1, 0.15) is 54.4 Å². The molecule has 1 saturated carbocycles. The average Bonchev–Trinajstić information content (AvgIpc) is 2.48. The lowest BCUT2D eigenvalue weighted by Crippen LogP contribution is -2.21. The summed E-state index contributed by atoms with van der Waals surface area (Å²) in [6.07, 6.45) is 8.02. The van der Waals surface area contributed by atoms with Gasteiger partial charge in [0.2, 0.25) is 0 Å². The van der Waals surface area contributed by atoms with Crippen molar-refractivity contribution in [3.63, 3.8) is 0 Å². The number of fused-ring (bicyclic) bond motifs is 1. The molecule has 1 aromatic carbocycles. The van der Waals surface area contributed by atoms with Gasteiger partial charge in [0.15, 0.2) is 0 Å². The number of hydrogen-bond donors (Lipinski definition) is 1. The van der Waals surface area contributed by atoms with Crippen molar-refractivity contribution in [1.82, 2.24) is 0 Å². The second kappa shape index (κ2) is 5.64. The molecule has 3 rings (SSSR count). The first-order valence-corrected chi connectivity index (χ1v) is 7.41. The van der Waals surface area contributed by atoms with Gasteiger partial charge in [-0.1, -0.05) is 6.42 Å². The van der Waals surface area contributed by atoms with Gasteiger partial charge in [-0.15, -0.1) is 0 Å². The molecule has 1 aliphatic carbocycles. The van der Waals surface area contributed by atoms with E-state index in [9.17, 15) is 4.79 Å². The third kappa shape index (κ3) is 2.91. The fourth-order valence-electron chi connectivity index (χ4n) is 3.00. The zero-order chi connectivity index (χ0) is 13.1. The first kappa shape index (κ1) is 12.5. The average molecular weight is 259 g/mol. The maximum atomic E-state index is 12.2. The predicted octanol–water partition coefficient (Wildman–Crippen LogP) is 3.53. The summed E-state index contributed by atoms with van der Waals surface area (Å²) in [5.74, 6) is -0.153. The van der Waals surface area contributed by atoms with E-state index < -0.39 is 0 Å². The van der Waals surface area contributed by atoms with Gasteiger partial charge in [-0.3, -0.25) is 0 Å². The van der Waals surface area contributed by atoms with Crippen LogP contribution >= 0.6 is 0 Å². The van der Waals surface area contributed by atoms with Gasteiger partial charge in [-0.05, 0) is 62.3 Å². The zero-order valence-corrected chi connectivity index (χ0v) is 11.3. The van der Waals surface area contributed by atoms with Gasteiger partial charge in [0.1, 0.15) is 6.10 Å². The Morgan fingerprint density at radius 1 is 1.16 bits per heavy atom. The number of hydrogen-bond acceptors (Lipinski definition) is 3. The minimum atomic E-state index is -0.153. The lowest BCUT2D eigenvalue weighted by atomic mass is 9.97. The van der Waals surface area contributed by atoms with Crippen LogP contribution in [-0.4, -0.2) is 18.6 Å². The van der Waals surface area contributed by atoms with Gasteiger partial charge in [0.05, 0.1) is 5.56 Å². The van der Waals surface area contributed by atoms with Crippen LogP contribution in [0.25, 0.3) is 0 Å². The topological polar surface area (TPSA) is 38.3 Å². The molecule has 0 saturated heterocycles. The zero-order valence-electron chi connectivity index (χ0n) is 11.3. The summed E-state index contributed by atoms with van der Waals surface area (Å²) in [7, 11) is 0. The molecule has 1 N–H and O–H groups in total. The molecule has 1 fully saturated rings. The van der Waals surface area contributed by atoms with Gasteiger partial charge >= 0.3 is 5.97 Å². The number of carbonyl (C=O) groups is 1. The van der Waals surface area contributed by atoms with Crippen LogP contribution in [0, 0.1) is 0 Å². The summed E-state index contributed by atoms with van der Waals surface area (Å²) in [6.45, 7) is 1.03. The summed E-state index contributed by atoms with van der Waals surface area (Å²) in [5.41, 5.74) is 3.11. The summed E-state index contributed by atoms with van der Waals surface area (Å²) in [4.78, 5) is 12.2. The molecule has 1 aromatic rings. The molecule has 2 aliphatic rings. The Hall–Kier alpha value is -1.51. The molecule has 0 bridgehead atoms. The molecule has 0 atom stereocenters. The molecule has 0 spiro atoms. The van der Waals surface area contributed by atoms with Crippen LogP contribution in [0.5, 0.6) is 0 Å². The van der Waals surface area contributed by atoms with Crippen molar-refractivity contribution >= 4 is 11.7 Å². The molecular weight excluding hydrogens is 238 g/mol. The van der Waals surface area contributed by atoms with E-state index in [2.05, 4.69) is 5.32 Å². The van der Waals surface area contributed by atoms with E-state index in [1.54, 1.807) is 0 Å². The molecule has 102 valence electrons. The smallest absolute Gasteiger partial charge is 0.338 e. The minimum Gasteiger partial charge on any atom is -0.459 e. The second-order valence-corrected chi connectivity index (χ2v) is 5.57. The first-order valence-electron chi connectivity index (χ1n) is 7.41. The van der Waals surface area contributed by atoms with Crippen molar-refractivity contribution in [1.29, 1.82) is 0 Å². The van der Waals surface area contributed by atoms with Crippen molar-refractivity contribution < 1.29 is 9.53 Å². The van der Waals surface area contributed by atoms with Gasteiger partial charge in [0, 0.05) is 12.2 Å². The van der Waals surface area contributed by atoms with E-state index in [1.165, 1.54) is 30.5 Å². The van der Waals surface area contributed by atoms with E-state index >= 15 is 0 Å². The minimum absolute atomic E-state index is 0.135. The monoisotopic (exact) mass is 259 g/mol. The number of aryl methyl sites for hydroxylation is 1. The highest BCUT2D eigenvalue weighted by Crippen LogP contribution is 2.25. The summed E-state index contributed by atoms with van der Waals surface area (Å²) in [6, 6.07) is 5.88. The summed E-state index contributed by atoms with van der Waals surface area (Å²) < 4.78 is 5.61. The molecule has 1 heterocycles. The largest absolute Gasteiger partial charge is 0.459 e. The fourth-order valence-corrected chi connectivity index (χ4v) is 3.00. The van der Waals surface area contributed by atoms with E-state index in [0.717, 1.165) is 32.2 Å². The third-order valence-corrected chi connectivity index (χ3v) is 4.11. The van der Waals surface area contributed by atoms with Crippen molar-refractivity contribution in [3.8, 4) is 0 Å². The van der Waals surface area contributed by atoms with Gasteiger partial charge < -0.3 is 10.1 Å². The highest BCUT2D eigenvalue weighted by atomic mass is 16.5. The summed E-state index contributed by atoms with van der Waals surface area (Å²) in [5, 5.41) is 3.36. The lowest BCUT2D eigenvalue weighted by molar-refractivity contribution is 0.0211. The lowest BCUT2D eigenvalue weighted by Gasteiger charge is -2.22. The summed E-state index contributed by atoms with van der Waals surface area (Å²) >= 11 is 0. The van der Waals surface area contributed by atoms with Crippen LogP contribution in [0.2, 0.25) is 0 Å². The Morgan fingerprint density at radius 3 is 2.84 bits per heavy atom. The standard InChI is InChI=1S/C16H21NO2/c18-16(19-14-6-2-1-3-7-14)13-8-9-15-12(11-13)5-4-10-17-15/h8-9,11,14,17H,1-7,10H2. The fraction of sp³-hybridized carbons (Fsp3) is 0.562. The molecule has 0 amide bonds. The van der Waals surface area contributed by atoms with E-state index in [-0.39, 0.29) is 12.1 Å². The Balaban J connectivity index is 1.69. The molecule has 0 aromatic heterocycles. The van der Waals surface area contributed by atoms with Crippen LogP contribution < -0.4 is 5.32 Å². The molecule has 0 unspecified atom stereocenters. The Bertz CT molecular complexity index is 464. The number of carbonyl (C=O) groups excluding carboxylic acids is 1. The number of esters is 1. The number of ether oxygens (including phenoxy) is 1. The molecular formula is C16H21NO2. The maximum absolute atomic E-state index is 12.2. The Labute approximate surface area is 114 Å². The number of rotatable bonds is 2.